The van der Waals surface area contributed by atoms with Crippen LogP contribution in [0.1, 0.15) is 26.2 Å². The van der Waals surface area contributed by atoms with Gasteiger partial charge in [0, 0.05) is 32.1 Å². The van der Waals surface area contributed by atoms with Crippen molar-refractivity contribution in [3.63, 3.8) is 0 Å². The summed E-state index contributed by atoms with van der Waals surface area (Å²) in [7, 11) is 0. The van der Waals surface area contributed by atoms with Gasteiger partial charge in [-0.1, -0.05) is 6.92 Å². The van der Waals surface area contributed by atoms with Crippen molar-refractivity contribution in [1.82, 2.24) is 15.1 Å². The van der Waals surface area contributed by atoms with E-state index < -0.39 is 0 Å². The Morgan fingerprint density at radius 1 is 1.25 bits per heavy atom. The third kappa shape index (κ3) is 2.95. The van der Waals surface area contributed by atoms with Gasteiger partial charge in [0.15, 0.2) is 0 Å². The minimum atomic E-state index is 0.216. The van der Waals surface area contributed by atoms with Crippen LogP contribution >= 0.6 is 0 Å². The van der Waals surface area contributed by atoms with Crippen LogP contribution in [0.4, 0.5) is 0 Å². The number of nitrogens with zero attached hydrogens (tertiary/aromatic N) is 2. The maximum Gasteiger partial charge on any atom is 0.221 e. The van der Waals surface area contributed by atoms with Crippen molar-refractivity contribution in [1.29, 1.82) is 0 Å². The maximum atomic E-state index is 11.3. The number of amides is 1. The Labute approximate surface area is 98.0 Å². The lowest BCUT2D eigenvalue weighted by molar-refractivity contribution is -0.120. The van der Waals surface area contributed by atoms with E-state index in [1.165, 1.54) is 32.5 Å². The minimum absolute atomic E-state index is 0.216. The van der Waals surface area contributed by atoms with Crippen LogP contribution in [0, 0.1) is 0 Å². The molecule has 0 atom stereocenters. The van der Waals surface area contributed by atoms with E-state index in [-0.39, 0.29) is 5.91 Å². The molecule has 2 saturated heterocycles. The Balaban J connectivity index is 1.81. The monoisotopic (exact) mass is 225 g/mol. The summed E-state index contributed by atoms with van der Waals surface area (Å²) in [6.45, 7) is 8.65. The SMILES string of the molecule is CCN1CCC(N2CCNC(=O)CC2)CC1. The molecule has 2 fully saturated rings. The molecule has 2 aliphatic rings. The number of hydrogen-bond acceptors (Lipinski definition) is 3. The van der Waals surface area contributed by atoms with Gasteiger partial charge in [0.25, 0.3) is 0 Å². The number of nitrogens with one attached hydrogen (secondary N) is 1. The largest absolute Gasteiger partial charge is 0.355 e. The zero-order valence-corrected chi connectivity index (χ0v) is 10.2. The van der Waals surface area contributed by atoms with Crippen LogP contribution in [0.5, 0.6) is 0 Å². The number of hydrogen-bond donors (Lipinski definition) is 1. The van der Waals surface area contributed by atoms with Gasteiger partial charge in [-0.2, -0.15) is 0 Å². The first kappa shape index (κ1) is 11.9. The standard InChI is InChI=1S/C12H23N3O/c1-2-14-7-3-11(4-8-14)15-9-5-12(16)13-6-10-15/h11H,2-10H2,1H3,(H,13,16). The summed E-state index contributed by atoms with van der Waals surface area (Å²) in [5.74, 6) is 0.216. The highest BCUT2D eigenvalue weighted by Crippen LogP contribution is 2.17. The first-order chi connectivity index (χ1) is 7.79. The fraction of sp³-hybridized carbons (Fsp3) is 0.917. The molecular weight excluding hydrogens is 202 g/mol. The van der Waals surface area contributed by atoms with Crippen molar-refractivity contribution in [3.05, 3.63) is 0 Å². The van der Waals surface area contributed by atoms with Crippen molar-refractivity contribution >= 4 is 5.91 Å². The predicted octanol–water partition coefficient (Wildman–Crippen LogP) is 0.293. The van der Waals surface area contributed by atoms with Crippen LogP contribution in [0.2, 0.25) is 0 Å². The lowest BCUT2D eigenvalue weighted by Gasteiger charge is -2.37. The minimum Gasteiger partial charge on any atom is -0.355 e. The van der Waals surface area contributed by atoms with Gasteiger partial charge in [0.2, 0.25) is 5.91 Å². The molecule has 0 unspecified atom stereocenters. The number of carbonyl (C=O) groups is 1. The summed E-state index contributed by atoms with van der Waals surface area (Å²) in [4.78, 5) is 16.3. The molecule has 0 saturated carbocycles. The molecule has 0 aliphatic carbocycles. The highest BCUT2D eigenvalue weighted by Gasteiger charge is 2.25. The van der Waals surface area contributed by atoms with Crippen molar-refractivity contribution in [2.24, 2.45) is 0 Å². The molecule has 2 aliphatic heterocycles. The Bertz CT molecular complexity index is 236. The topological polar surface area (TPSA) is 35.6 Å². The second-order valence-electron chi connectivity index (χ2n) is 4.80. The van der Waals surface area contributed by atoms with E-state index in [4.69, 9.17) is 0 Å². The van der Waals surface area contributed by atoms with Gasteiger partial charge in [-0.05, 0) is 32.5 Å². The lowest BCUT2D eigenvalue weighted by atomic mass is 10.0. The number of carbonyl (C=O) groups excluding carboxylic acids is 1. The molecule has 4 heteroatoms. The molecule has 0 aromatic carbocycles. The smallest absolute Gasteiger partial charge is 0.221 e. The van der Waals surface area contributed by atoms with Gasteiger partial charge in [-0.25, -0.2) is 0 Å². The summed E-state index contributed by atoms with van der Waals surface area (Å²) >= 11 is 0. The molecule has 4 nitrogen and oxygen atoms in total. The molecule has 16 heavy (non-hydrogen) atoms. The van der Waals surface area contributed by atoms with Crippen molar-refractivity contribution in [2.45, 2.75) is 32.2 Å². The third-order valence-corrected chi connectivity index (χ3v) is 3.87. The second-order valence-corrected chi connectivity index (χ2v) is 4.80. The van der Waals surface area contributed by atoms with Crippen LogP contribution in [0.15, 0.2) is 0 Å². The van der Waals surface area contributed by atoms with Gasteiger partial charge in [-0.15, -0.1) is 0 Å². The van der Waals surface area contributed by atoms with E-state index >= 15 is 0 Å². The van der Waals surface area contributed by atoms with E-state index in [1.807, 2.05) is 0 Å². The van der Waals surface area contributed by atoms with E-state index in [1.54, 1.807) is 0 Å². The molecular formula is C12H23N3O. The third-order valence-electron chi connectivity index (χ3n) is 3.87. The van der Waals surface area contributed by atoms with E-state index in [0.717, 1.165) is 19.6 Å². The number of piperidine rings is 1. The molecule has 0 aromatic rings. The zero-order chi connectivity index (χ0) is 11.4. The summed E-state index contributed by atoms with van der Waals surface area (Å²) in [6, 6.07) is 0.704. The average molecular weight is 225 g/mol. The summed E-state index contributed by atoms with van der Waals surface area (Å²) < 4.78 is 0. The van der Waals surface area contributed by atoms with Gasteiger partial charge in [0.05, 0.1) is 0 Å². The van der Waals surface area contributed by atoms with Crippen LogP contribution in [0.3, 0.4) is 0 Å². The molecule has 0 spiro atoms. The second kappa shape index (κ2) is 5.64. The molecule has 1 amide bonds. The zero-order valence-electron chi connectivity index (χ0n) is 10.2. The summed E-state index contributed by atoms with van der Waals surface area (Å²) in [5.41, 5.74) is 0. The van der Waals surface area contributed by atoms with Crippen LogP contribution in [-0.2, 0) is 4.79 Å². The van der Waals surface area contributed by atoms with Crippen molar-refractivity contribution in [2.75, 3.05) is 39.3 Å². The van der Waals surface area contributed by atoms with Gasteiger partial charge < -0.3 is 10.2 Å². The Morgan fingerprint density at radius 3 is 2.69 bits per heavy atom. The quantitative estimate of drug-likeness (QED) is 0.734. The van der Waals surface area contributed by atoms with Crippen molar-refractivity contribution < 1.29 is 4.79 Å². The molecule has 2 heterocycles. The average Bonchev–Trinajstić information content (AvgIpc) is 2.54. The molecule has 0 aromatic heterocycles. The first-order valence-electron chi connectivity index (χ1n) is 6.52. The normalized spacial score (nSPS) is 26.4. The Morgan fingerprint density at radius 2 is 2.00 bits per heavy atom. The highest BCUT2D eigenvalue weighted by atomic mass is 16.1. The predicted molar refractivity (Wildman–Crippen MR) is 64.3 cm³/mol. The Hall–Kier alpha value is -0.610. The fourth-order valence-corrected chi connectivity index (χ4v) is 2.75. The molecule has 1 N–H and O–H groups in total. The first-order valence-corrected chi connectivity index (χ1v) is 6.52. The fourth-order valence-electron chi connectivity index (χ4n) is 2.75. The van der Waals surface area contributed by atoms with E-state index in [9.17, 15) is 4.79 Å². The molecule has 0 radical (unpaired) electrons. The lowest BCUT2D eigenvalue weighted by Crippen LogP contribution is -2.45. The maximum absolute atomic E-state index is 11.3. The molecule has 2 rings (SSSR count). The van der Waals surface area contributed by atoms with Crippen molar-refractivity contribution in [3.8, 4) is 0 Å². The molecule has 92 valence electrons. The Kier molecular flexibility index (Phi) is 4.18. The summed E-state index contributed by atoms with van der Waals surface area (Å²) in [5, 5.41) is 2.94. The van der Waals surface area contributed by atoms with Gasteiger partial charge >= 0.3 is 0 Å². The van der Waals surface area contributed by atoms with E-state index in [0.29, 0.717) is 12.5 Å². The van der Waals surface area contributed by atoms with Gasteiger partial charge in [-0.3, -0.25) is 9.69 Å². The van der Waals surface area contributed by atoms with Crippen LogP contribution in [-0.4, -0.2) is 61.0 Å². The number of rotatable bonds is 2. The van der Waals surface area contributed by atoms with Gasteiger partial charge in [0.1, 0.15) is 0 Å². The van der Waals surface area contributed by atoms with Crippen LogP contribution < -0.4 is 5.32 Å². The van der Waals surface area contributed by atoms with Crippen LogP contribution in [0.25, 0.3) is 0 Å². The van der Waals surface area contributed by atoms with E-state index in [2.05, 4.69) is 22.0 Å². The number of likely N-dealkylation sites (tertiary alicyclic amines) is 1. The highest BCUT2D eigenvalue weighted by molar-refractivity contribution is 5.76. The molecule has 0 bridgehead atoms. The summed E-state index contributed by atoms with van der Waals surface area (Å²) in [6.07, 6.45) is 3.21.